The molecular formula is C18H25N3O4. The van der Waals surface area contributed by atoms with Gasteiger partial charge in [0.2, 0.25) is 5.91 Å². The highest BCUT2D eigenvalue weighted by Crippen LogP contribution is 2.41. The Bertz CT molecular complexity index is 624. The Kier molecular flexibility index (Phi) is 5.22. The average molecular weight is 347 g/mol. The van der Waals surface area contributed by atoms with Gasteiger partial charge < -0.3 is 19.6 Å². The summed E-state index contributed by atoms with van der Waals surface area (Å²) < 4.78 is 5.07. The van der Waals surface area contributed by atoms with Crippen LogP contribution in [0.25, 0.3) is 0 Å². The van der Waals surface area contributed by atoms with Crippen LogP contribution in [0.2, 0.25) is 0 Å². The number of aromatic nitrogens is 1. The minimum atomic E-state index is -0.963. The number of nitrogens with zero attached hydrogens (tertiary/aromatic N) is 3. The first kappa shape index (κ1) is 17.7. The molecule has 0 unspecified atom stereocenters. The second-order valence-electron chi connectivity index (χ2n) is 7.04. The van der Waals surface area contributed by atoms with Gasteiger partial charge in [0.05, 0.1) is 5.56 Å². The van der Waals surface area contributed by atoms with E-state index in [0.29, 0.717) is 13.0 Å². The quantitative estimate of drug-likeness (QED) is 0.788. The molecule has 136 valence electrons. The first-order chi connectivity index (χ1) is 12.0. The molecule has 7 nitrogen and oxygen atoms in total. The van der Waals surface area contributed by atoms with Crippen LogP contribution in [0.5, 0.6) is 0 Å². The van der Waals surface area contributed by atoms with Crippen molar-refractivity contribution in [2.75, 3.05) is 44.8 Å². The molecule has 2 fully saturated rings. The topological polar surface area (TPSA) is 83.0 Å². The van der Waals surface area contributed by atoms with E-state index >= 15 is 0 Å². The van der Waals surface area contributed by atoms with Gasteiger partial charge in [-0.3, -0.25) is 4.79 Å². The molecule has 1 spiro atoms. The molecule has 2 saturated heterocycles. The number of anilines is 1. The van der Waals surface area contributed by atoms with Crippen LogP contribution in [-0.2, 0) is 9.53 Å². The minimum absolute atomic E-state index is 0.0850. The minimum Gasteiger partial charge on any atom is -0.478 e. The van der Waals surface area contributed by atoms with E-state index in [9.17, 15) is 9.59 Å². The summed E-state index contributed by atoms with van der Waals surface area (Å²) >= 11 is 0. The van der Waals surface area contributed by atoms with Gasteiger partial charge in [0, 0.05) is 57.9 Å². The highest BCUT2D eigenvalue weighted by atomic mass is 16.5. The van der Waals surface area contributed by atoms with Gasteiger partial charge in [0.1, 0.15) is 5.82 Å². The Labute approximate surface area is 147 Å². The predicted octanol–water partition coefficient (Wildman–Crippen LogP) is 1.64. The second-order valence-corrected chi connectivity index (χ2v) is 7.04. The number of carbonyl (C=O) groups excluding carboxylic acids is 1. The second kappa shape index (κ2) is 7.39. The average Bonchev–Trinajstić information content (AvgIpc) is 2.91. The van der Waals surface area contributed by atoms with Crippen LogP contribution in [0.15, 0.2) is 18.3 Å². The number of carbonyl (C=O) groups is 2. The van der Waals surface area contributed by atoms with Crippen molar-refractivity contribution in [1.29, 1.82) is 0 Å². The molecule has 1 aromatic heterocycles. The van der Waals surface area contributed by atoms with E-state index in [1.165, 1.54) is 6.20 Å². The summed E-state index contributed by atoms with van der Waals surface area (Å²) in [6.45, 7) is 3.99. The van der Waals surface area contributed by atoms with Gasteiger partial charge in [-0.2, -0.15) is 0 Å². The number of hydrogen-bond donors (Lipinski definition) is 1. The molecule has 0 atom stereocenters. The van der Waals surface area contributed by atoms with E-state index in [1.54, 1.807) is 19.2 Å². The maximum absolute atomic E-state index is 12.3. The normalized spacial score (nSPS) is 19.6. The van der Waals surface area contributed by atoms with Crippen LogP contribution in [0.1, 0.15) is 36.0 Å². The number of aromatic carboxylic acids is 1. The fourth-order valence-electron chi connectivity index (χ4n) is 3.83. The van der Waals surface area contributed by atoms with Gasteiger partial charge in [0.25, 0.3) is 0 Å². The molecule has 7 heteroatoms. The van der Waals surface area contributed by atoms with Gasteiger partial charge in [-0.15, -0.1) is 0 Å². The highest BCUT2D eigenvalue weighted by Gasteiger charge is 2.44. The summed E-state index contributed by atoms with van der Waals surface area (Å²) in [6.07, 6.45) is 4.84. The summed E-state index contributed by atoms with van der Waals surface area (Å²) in [5.74, 6) is 0.101. The number of amides is 1. The molecule has 0 saturated carbocycles. The van der Waals surface area contributed by atoms with E-state index in [2.05, 4.69) is 9.88 Å². The van der Waals surface area contributed by atoms with Crippen LogP contribution < -0.4 is 4.90 Å². The van der Waals surface area contributed by atoms with Crippen LogP contribution in [0, 0.1) is 5.41 Å². The number of rotatable bonds is 6. The van der Waals surface area contributed by atoms with Crippen molar-refractivity contribution < 1.29 is 19.4 Å². The molecule has 3 rings (SSSR count). The van der Waals surface area contributed by atoms with Gasteiger partial charge in [-0.25, -0.2) is 9.78 Å². The van der Waals surface area contributed by atoms with Crippen molar-refractivity contribution in [2.45, 2.75) is 25.7 Å². The zero-order valence-corrected chi connectivity index (χ0v) is 14.6. The van der Waals surface area contributed by atoms with Crippen molar-refractivity contribution in [1.82, 2.24) is 9.88 Å². The van der Waals surface area contributed by atoms with Gasteiger partial charge in [0.15, 0.2) is 0 Å². The number of pyridine rings is 1. The molecule has 0 aliphatic carbocycles. The Morgan fingerprint density at radius 1 is 1.36 bits per heavy atom. The molecule has 3 heterocycles. The molecule has 1 aromatic rings. The largest absolute Gasteiger partial charge is 0.478 e. The summed E-state index contributed by atoms with van der Waals surface area (Å²) in [5.41, 5.74) is 0.284. The lowest BCUT2D eigenvalue weighted by atomic mass is 9.77. The SMILES string of the molecule is COCCCN1CC2(CCN(c3ccc(C(=O)O)cn3)CC2)CC1=O. The van der Waals surface area contributed by atoms with Gasteiger partial charge in [-0.1, -0.05) is 0 Å². The van der Waals surface area contributed by atoms with Gasteiger partial charge in [-0.05, 0) is 31.4 Å². The maximum atomic E-state index is 12.3. The molecule has 0 aromatic carbocycles. The molecule has 0 radical (unpaired) electrons. The Hall–Kier alpha value is -2.15. The Morgan fingerprint density at radius 3 is 2.72 bits per heavy atom. The van der Waals surface area contributed by atoms with Crippen molar-refractivity contribution in [3.63, 3.8) is 0 Å². The standard InChI is InChI=1S/C18H25N3O4/c1-25-10-2-7-21-13-18(11-16(21)22)5-8-20(9-6-18)15-4-3-14(12-19-15)17(23)24/h3-4,12H,2,5-11,13H2,1H3,(H,23,24). The highest BCUT2D eigenvalue weighted by molar-refractivity contribution is 5.87. The predicted molar refractivity (Wildman–Crippen MR) is 92.8 cm³/mol. The number of piperidine rings is 1. The number of likely N-dealkylation sites (tertiary alicyclic amines) is 1. The smallest absolute Gasteiger partial charge is 0.337 e. The summed E-state index contributed by atoms with van der Waals surface area (Å²) in [5, 5.41) is 8.95. The Balaban J connectivity index is 1.56. The Morgan fingerprint density at radius 2 is 2.12 bits per heavy atom. The monoisotopic (exact) mass is 347 g/mol. The van der Waals surface area contributed by atoms with E-state index < -0.39 is 5.97 Å². The maximum Gasteiger partial charge on any atom is 0.337 e. The molecule has 25 heavy (non-hydrogen) atoms. The van der Waals surface area contributed by atoms with E-state index in [4.69, 9.17) is 9.84 Å². The molecular weight excluding hydrogens is 322 g/mol. The third-order valence-corrected chi connectivity index (χ3v) is 5.32. The van der Waals surface area contributed by atoms with Crippen molar-refractivity contribution in [2.24, 2.45) is 5.41 Å². The molecule has 2 aliphatic rings. The fraction of sp³-hybridized carbons (Fsp3) is 0.611. The lowest BCUT2D eigenvalue weighted by molar-refractivity contribution is -0.128. The molecule has 2 aliphatic heterocycles. The number of methoxy groups -OCH3 is 1. The summed E-state index contributed by atoms with van der Waals surface area (Å²) in [4.78, 5) is 31.6. The van der Waals surface area contributed by atoms with E-state index in [-0.39, 0.29) is 16.9 Å². The number of carboxylic acid groups (broad SMARTS) is 1. The van der Waals surface area contributed by atoms with Crippen molar-refractivity contribution >= 4 is 17.7 Å². The zero-order chi connectivity index (χ0) is 17.9. The third-order valence-electron chi connectivity index (χ3n) is 5.32. The van der Waals surface area contributed by atoms with Crippen molar-refractivity contribution in [3.8, 4) is 0 Å². The van der Waals surface area contributed by atoms with Gasteiger partial charge >= 0.3 is 5.97 Å². The van der Waals surface area contributed by atoms with Crippen LogP contribution >= 0.6 is 0 Å². The van der Waals surface area contributed by atoms with E-state index in [1.807, 2.05) is 4.90 Å². The zero-order valence-electron chi connectivity index (χ0n) is 14.6. The number of hydrogen-bond acceptors (Lipinski definition) is 5. The number of ether oxygens (including phenoxy) is 1. The molecule has 0 bridgehead atoms. The summed E-state index contributed by atoms with van der Waals surface area (Å²) in [7, 11) is 1.68. The molecule has 1 amide bonds. The van der Waals surface area contributed by atoms with Crippen LogP contribution in [-0.4, -0.2) is 66.8 Å². The first-order valence-corrected chi connectivity index (χ1v) is 8.74. The lowest BCUT2D eigenvalue weighted by Gasteiger charge is -2.39. The van der Waals surface area contributed by atoms with Crippen molar-refractivity contribution in [3.05, 3.63) is 23.9 Å². The van der Waals surface area contributed by atoms with E-state index in [0.717, 1.165) is 51.3 Å². The lowest BCUT2D eigenvalue weighted by Crippen LogP contribution is -2.42. The van der Waals surface area contributed by atoms with Crippen LogP contribution in [0.4, 0.5) is 5.82 Å². The number of carboxylic acids is 1. The third kappa shape index (κ3) is 3.92. The fourth-order valence-corrected chi connectivity index (χ4v) is 3.83. The van der Waals surface area contributed by atoms with Crippen LogP contribution in [0.3, 0.4) is 0 Å². The first-order valence-electron chi connectivity index (χ1n) is 8.74. The summed E-state index contributed by atoms with van der Waals surface area (Å²) in [6, 6.07) is 3.35. The molecule has 1 N–H and O–H groups in total.